The molecule has 9 heteroatoms. The zero-order valence-corrected chi connectivity index (χ0v) is 15.3. The summed E-state index contributed by atoms with van der Waals surface area (Å²) in [4.78, 5) is 47.9. The van der Waals surface area contributed by atoms with E-state index in [0.717, 1.165) is 19.3 Å². The highest BCUT2D eigenvalue weighted by atomic mass is 31.2. The first kappa shape index (κ1) is 24.7. The SMILES string of the molecule is CCCCCCCCCCCCC[P+](O)(O)O.O=P(O)(O)O. The van der Waals surface area contributed by atoms with E-state index in [0.29, 0.717) is 0 Å². The number of phosphoric acid groups is 1. The molecule has 0 aliphatic heterocycles. The van der Waals surface area contributed by atoms with Crippen LogP contribution in [0.5, 0.6) is 0 Å². The van der Waals surface area contributed by atoms with Gasteiger partial charge in [-0.25, -0.2) is 4.57 Å². The summed E-state index contributed by atoms with van der Waals surface area (Å²) in [6.45, 7) is 2.24. The minimum atomic E-state index is -4.64. The Morgan fingerprint density at radius 3 is 1.23 bits per heavy atom. The second kappa shape index (κ2) is 15.0. The smallest absolute Gasteiger partial charge is 0.303 e. The van der Waals surface area contributed by atoms with E-state index < -0.39 is 15.8 Å². The average molecular weight is 363 g/mol. The third-order valence-corrected chi connectivity index (χ3v) is 3.98. The van der Waals surface area contributed by atoms with Gasteiger partial charge in [0.05, 0.1) is 0 Å². The Labute approximate surface area is 134 Å². The van der Waals surface area contributed by atoms with Crippen molar-refractivity contribution < 1.29 is 33.9 Å². The zero-order valence-electron chi connectivity index (χ0n) is 13.5. The molecule has 0 aromatic rings. The first-order chi connectivity index (χ1) is 10.1. The van der Waals surface area contributed by atoms with E-state index >= 15 is 0 Å². The maximum absolute atomic E-state index is 8.88. The highest BCUT2D eigenvalue weighted by Gasteiger charge is 2.27. The van der Waals surface area contributed by atoms with E-state index in [1.807, 2.05) is 0 Å². The van der Waals surface area contributed by atoms with Gasteiger partial charge in [-0.3, -0.25) is 0 Å². The standard InChI is InChI=1S/C13H30O3P.H3O4P/c1-2-3-4-5-6-7-8-9-10-11-12-13-17(14,15)16;1-5(2,3)4/h14-16H,2-13H2,1H3;(H3,1,2,3,4)/q+1;. The quantitative estimate of drug-likeness (QED) is 0.231. The molecule has 136 valence electrons. The van der Waals surface area contributed by atoms with Gasteiger partial charge in [0.15, 0.2) is 0 Å². The van der Waals surface area contributed by atoms with Gasteiger partial charge in [0.25, 0.3) is 0 Å². The van der Waals surface area contributed by atoms with Crippen molar-refractivity contribution in [2.75, 3.05) is 6.16 Å². The summed E-state index contributed by atoms with van der Waals surface area (Å²) in [6.07, 6.45) is 13.7. The van der Waals surface area contributed by atoms with Gasteiger partial charge in [0.1, 0.15) is 6.16 Å². The lowest BCUT2D eigenvalue weighted by atomic mass is 10.1. The van der Waals surface area contributed by atoms with Crippen LogP contribution in [0.15, 0.2) is 0 Å². The largest absolute Gasteiger partial charge is 0.466 e. The van der Waals surface area contributed by atoms with Crippen molar-refractivity contribution in [2.45, 2.75) is 77.6 Å². The molecule has 0 spiro atoms. The first-order valence-electron chi connectivity index (χ1n) is 7.91. The van der Waals surface area contributed by atoms with Gasteiger partial charge >= 0.3 is 15.8 Å². The summed E-state index contributed by atoms with van der Waals surface area (Å²) in [5.74, 6) is 0. The maximum atomic E-state index is 8.88. The normalized spacial score (nSPS) is 12.0. The van der Waals surface area contributed by atoms with Crippen LogP contribution in [0.25, 0.3) is 0 Å². The molecular weight excluding hydrogens is 330 g/mol. The van der Waals surface area contributed by atoms with Gasteiger partial charge in [-0.1, -0.05) is 64.7 Å². The van der Waals surface area contributed by atoms with Crippen LogP contribution >= 0.6 is 15.8 Å². The molecule has 0 unspecified atom stereocenters. The van der Waals surface area contributed by atoms with E-state index in [4.69, 9.17) is 33.9 Å². The van der Waals surface area contributed by atoms with Gasteiger partial charge in [-0.2, -0.15) is 14.7 Å². The molecule has 0 aliphatic rings. The molecule has 0 bridgehead atoms. The van der Waals surface area contributed by atoms with E-state index in [9.17, 15) is 0 Å². The Balaban J connectivity index is 0. The molecule has 0 rings (SSSR count). The lowest BCUT2D eigenvalue weighted by Crippen LogP contribution is -1.95. The van der Waals surface area contributed by atoms with Gasteiger partial charge in [0, 0.05) is 0 Å². The first-order valence-corrected chi connectivity index (χ1v) is 11.3. The van der Waals surface area contributed by atoms with Crippen molar-refractivity contribution in [3.05, 3.63) is 0 Å². The Morgan fingerprint density at radius 1 is 0.682 bits per heavy atom. The lowest BCUT2D eigenvalue weighted by molar-refractivity contribution is 0.275. The highest BCUT2D eigenvalue weighted by molar-refractivity contribution is 7.58. The number of hydrogen-bond acceptors (Lipinski definition) is 4. The second-order valence-corrected chi connectivity index (χ2v) is 8.32. The Kier molecular flexibility index (Phi) is 16.8. The number of rotatable bonds is 12. The van der Waals surface area contributed by atoms with Crippen LogP contribution in [-0.4, -0.2) is 35.5 Å². The van der Waals surface area contributed by atoms with Gasteiger partial charge < -0.3 is 14.7 Å². The molecule has 6 N–H and O–H groups in total. The molecule has 22 heavy (non-hydrogen) atoms. The van der Waals surface area contributed by atoms with Crippen molar-refractivity contribution in [3.63, 3.8) is 0 Å². The van der Waals surface area contributed by atoms with Crippen molar-refractivity contribution in [2.24, 2.45) is 0 Å². The highest BCUT2D eigenvalue weighted by Crippen LogP contribution is 2.45. The van der Waals surface area contributed by atoms with Crippen LogP contribution in [0.2, 0.25) is 0 Å². The van der Waals surface area contributed by atoms with Crippen molar-refractivity contribution >= 4 is 15.8 Å². The topological polar surface area (TPSA) is 138 Å². The summed E-state index contributed by atoms with van der Waals surface area (Å²) in [6, 6.07) is 0. The molecule has 0 aromatic carbocycles. The Bertz CT molecular complexity index is 268. The summed E-state index contributed by atoms with van der Waals surface area (Å²) < 4.78 is 8.88. The fourth-order valence-corrected chi connectivity index (χ4v) is 2.64. The van der Waals surface area contributed by atoms with Crippen LogP contribution in [0.4, 0.5) is 0 Å². The van der Waals surface area contributed by atoms with Crippen LogP contribution in [0, 0.1) is 0 Å². The number of hydrogen-bond donors (Lipinski definition) is 6. The van der Waals surface area contributed by atoms with E-state index in [1.54, 1.807) is 0 Å². The Hall–Kier alpha value is 0.420. The third kappa shape index (κ3) is 37.0. The minimum Gasteiger partial charge on any atom is -0.303 e. The van der Waals surface area contributed by atoms with Crippen LogP contribution in [0.3, 0.4) is 0 Å². The molecular formula is C13H33O7P2+. The molecule has 0 amide bonds. The molecule has 7 nitrogen and oxygen atoms in total. The van der Waals surface area contributed by atoms with Gasteiger partial charge in [-0.15, -0.1) is 0 Å². The number of unbranched alkanes of at least 4 members (excludes halogenated alkanes) is 10. The van der Waals surface area contributed by atoms with Gasteiger partial charge in [0.2, 0.25) is 0 Å². The van der Waals surface area contributed by atoms with Crippen LogP contribution in [-0.2, 0) is 4.57 Å². The van der Waals surface area contributed by atoms with Crippen LogP contribution < -0.4 is 0 Å². The fourth-order valence-electron chi connectivity index (χ4n) is 1.99. The van der Waals surface area contributed by atoms with E-state index in [1.165, 1.54) is 51.4 Å². The molecule has 0 aliphatic carbocycles. The predicted molar refractivity (Wildman–Crippen MR) is 89.2 cm³/mol. The molecule has 0 aromatic heterocycles. The molecule has 0 heterocycles. The van der Waals surface area contributed by atoms with Gasteiger partial charge in [-0.05, 0) is 12.8 Å². The molecule has 0 radical (unpaired) electrons. The fraction of sp³-hybridized carbons (Fsp3) is 1.00. The van der Waals surface area contributed by atoms with Crippen LogP contribution in [0.1, 0.15) is 77.6 Å². The molecule has 0 saturated heterocycles. The molecule has 0 saturated carbocycles. The van der Waals surface area contributed by atoms with Crippen molar-refractivity contribution in [1.29, 1.82) is 0 Å². The monoisotopic (exact) mass is 363 g/mol. The minimum absolute atomic E-state index is 0.171. The average Bonchev–Trinajstić information content (AvgIpc) is 2.32. The van der Waals surface area contributed by atoms with E-state index in [2.05, 4.69) is 6.92 Å². The summed E-state index contributed by atoms with van der Waals surface area (Å²) in [5, 5.41) is 0. The van der Waals surface area contributed by atoms with Crippen molar-refractivity contribution in [3.8, 4) is 0 Å². The third-order valence-electron chi connectivity index (χ3n) is 3.06. The Morgan fingerprint density at radius 2 is 0.955 bits per heavy atom. The zero-order chi connectivity index (χ0) is 17.5. The summed E-state index contributed by atoms with van der Waals surface area (Å²) in [5.41, 5.74) is 0. The summed E-state index contributed by atoms with van der Waals surface area (Å²) in [7, 11) is -8.13. The molecule has 0 atom stereocenters. The maximum Gasteiger partial charge on any atom is 0.466 e. The van der Waals surface area contributed by atoms with Crippen molar-refractivity contribution in [1.82, 2.24) is 0 Å². The van der Waals surface area contributed by atoms with E-state index in [-0.39, 0.29) is 6.16 Å². The second-order valence-electron chi connectivity index (χ2n) is 5.47. The lowest BCUT2D eigenvalue weighted by Gasteiger charge is -2.04. The molecule has 0 fully saturated rings. The predicted octanol–water partition coefficient (Wildman–Crippen LogP) is 3.11. The summed E-state index contributed by atoms with van der Waals surface area (Å²) >= 11 is 0.